The summed E-state index contributed by atoms with van der Waals surface area (Å²) in [6.07, 6.45) is 2.88. The van der Waals surface area contributed by atoms with Gasteiger partial charge in [-0.2, -0.15) is 20.3 Å². The topological polar surface area (TPSA) is 159 Å². The Morgan fingerprint density at radius 2 is 1.63 bits per heavy atom. The molecule has 0 spiro atoms. The summed E-state index contributed by atoms with van der Waals surface area (Å²) in [5.74, 6) is -1.25. The molecule has 178 valence electrons. The maximum absolute atomic E-state index is 12.7. The zero-order chi connectivity index (χ0) is 25.2. The van der Waals surface area contributed by atoms with E-state index in [0.29, 0.717) is 22.8 Å². The van der Waals surface area contributed by atoms with Crippen LogP contribution in [0.25, 0.3) is 0 Å². The van der Waals surface area contributed by atoms with E-state index in [1.807, 2.05) is 0 Å². The van der Waals surface area contributed by atoms with Crippen LogP contribution in [0.4, 0.5) is 11.6 Å². The van der Waals surface area contributed by atoms with Crippen molar-refractivity contribution >= 4 is 39.2 Å². The van der Waals surface area contributed by atoms with Crippen LogP contribution >= 0.6 is 0 Å². The molecule has 1 aromatic carbocycles. The van der Waals surface area contributed by atoms with Crippen molar-refractivity contribution in [3.63, 3.8) is 0 Å². The van der Waals surface area contributed by atoms with E-state index in [-0.39, 0.29) is 16.4 Å². The molecule has 3 heterocycles. The molecule has 1 N–H and O–H groups in total. The van der Waals surface area contributed by atoms with E-state index in [4.69, 9.17) is 0 Å². The number of hydrogen-bond acceptors (Lipinski definition) is 10. The van der Waals surface area contributed by atoms with Gasteiger partial charge >= 0.3 is 0 Å². The molecular formula is C22H20N8O4S. The van der Waals surface area contributed by atoms with E-state index in [1.54, 1.807) is 26.8 Å². The normalized spacial score (nSPS) is 16.0. The number of sulfonamides is 1. The number of carbonyl (C=O) groups excluding carboxylic acids is 2. The number of pyridine rings is 1. The lowest BCUT2D eigenvalue weighted by atomic mass is 10.2. The summed E-state index contributed by atoms with van der Waals surface area (Å²) in [6, 6.07) is 9.18. The van der Waals surface area contributed by atoms with E-state index in [2.05, 4.69) is 35.0 Å². The molecule has 0 bridgehead atoms. The molecule has 2 aromatic heterocycles. The largest absolute Gasteiger partial charge is 0.282 e. The first-order chi connectivity index (χ1) is 16.6. The first kappa shape index (κ1) is 23.8. The third-order valence-electron chi connectivity index (χ3n) is 4.86. The van der Waals surface area contributed by atoms with Gasteiger partial charge in [0.1, 0.15) is 0 Å². The minimum Gasteiger partial charge on any atom is -0.269 e. The van der Waals surface area contributed by atoms with Crippen molar-refractivity contribution in [2.75, 3.05) is 4.72 Å². The van der Waals surface area contributed by atoms with Gasteiger partial charge in [-0.1, -0.05) is 0 Å². The molecule has 0 saturated heterocycles. The fraction of sp³-hybridized carbons (Fsp3) is 0.182. The predicted molar refractivity (Wildman–Crippen MR) is 126 cm³/mol. The zero-order valence-corrected chi connectivity index (χ0v) is 19.8. The standard InChI is InChI=1S/C22H20N8O4S/c1-13-12-14(2)25-22(24-13)29-35(33,34)18-6-4-17(5-7-18)26-27-19-15(3)28-30(21(19)32)20(31)16-8-10-23-11-9-16/h4-12,19H,1-3H3,(H,24,25,29)/t19-/m1/s1. The zero-order valence-electron chi connectivity index (χ0n) is 18.9. The van der Waals surface area contributed by atoms with Crippen LogP contribution in [-0.2, 0) is 14.8 Å². The number of anilines is 1. The monoisotopic (exact) mass is 492 g/mol. The second-order valence-corrected chi connectivity index (χ2v) is 9.31. The molecular weight excluding hydrogens is 472 g/mol. The minimum absolute atomic E-state index is 0.0216. The number of aryl methyl sites for hydroxylation is 2. The number of amides is 2. The molecule has 0 aliphatic carbocycles. The van der Waals surface area contributed by atoms with Crippen LogP contribution in [0.3, 0.4) is 0 Å². The molecule has 1 aliphatic rings. The summed E-state index contributed by atoms with van der Waals surface area (Å²) in [4.78, 5) is 37.2. The highest BCUT2D eigenvalue weighted by molar-refractivity contribution is 7.92. The van der Waals surface area contributed by atoms with Gasteiger partial charge in [-0.3, -0.25) is 14.6 Å². The Bertz CT molecular complexity index is 1430. The Balaban J connectivity index is 1.46. The van der Waals surface area contributed by atoms with E-state index in [1.165, 1.54) is 48.8 Å². The molecule has 3 aromatic rings. The van der Waals surface area contributed by atoms with Gasteiger partial charge in [-0.15, -0.1) is 0 Å². The van der Waals surface area contributed by atoms with Crippen molar-refractivity contribution in [2.24, 2.45) is 15.3 Å². The number of hydrazone groups is 1. The smallest absolute Gasteiger partial charge is 0.269 e. The molecule has 1 aliphatic heterocycles. The lowest BCUT2D eigenvalue weighted by molar-refractivity contribution is -0.127. The molecule has 0 saturated carbocycles. The van der Waals surface area contributed by atoms with Crippen LogP contribution in [0.15, 0.2) is 75.1 Å². The quantitative estimate of drug-likeness (QED) is 0.409. The molecule has 12 nitrogen and oxygen atoms in total. The molecule has 0 fully saturated rings. The van der Waals surface area contributed by atoms with Crippen LogP contribution in [0.5, 0.6) is 0 Å². The van der Waals surface area contributed by atoms with Crippen LogP contribution in [0.2, 0.25) is 0 Å². The SMILES string of the molecule is CC1=NN(C(=O)c2ccncc2)C(=O)[C@@H]1N=Nc1ccc(S(=O)(=O)Nc2nc(C)cc(C)n2)cc1. The van der Waals surface area contributed by atoms with Crippen LogP contribution in [0, 0.1) is 13.8 Å². The van der Waals surface area contributed by atoms with Gasteiger partial charge in [0, 0.05) is 29.3 Å². The third-order valence-corrected chi connectivity index (χ3v) is 6.20. The lowest BCUT2D eigenvalue weighted by Gasteiger charge is -2.10. The first-order valence-electron chi connectivity index (χ1n) is 10.3. The number of azo groups is 1. The van der Waals surface area contributed by atoms with Gasteiger partial charge in [0.25, 0.3) is 21.8 Å². The Morgan fingerprint density at radius 1 is 1.00 bits per heavy atom. The van der Waals surface area contributed by atoms with Crippen LogP contribution in [0.1, 0.15) is 28.7 Å². The Labute approximate surface area is 200 Å². The van der Waals surface area contributed by atoms with Crippen molar-refractivity contribution in [1.82, 2.24) is 20.0 Å². The van der Waals surface area contributed by atoms with Crippen molar-refractivity contribution in [1.29, 1.82) is 0 Å². The summed E-state index contributed by atoms with van der Waals surface area (Å²) < 4.78 is 27.7. The van der Waals surface area contributed by atoms with Gasteiger partial charge in [0.15, 0.2) is 6.04 Å². The fourth-order valence-corrected chi connectivity index (χ4v) is 4.16. The number of imide groups is 1. The van der Waals surface area contributed by atoms with Gasteiger partial charge in [0.2, 0.25) is 5.95 Å². The highest BCUT2D eigenvalue weighted by Gasteiger charge is 2.38. The number of nitrogens with one attached hydrogen (secondary N) is 1. The van der Waals surface area contributed by atoms with E-state index in [9.17, 15) is 18.0 Å². The molecule has 0 radical (unpaired) electrons. The summed E-state index contributed by atoms with van der Waals surface area (Å²) >= 11 is 0. The Hall–Kier alpha value is -4.39. The molecule has 13 heteroatoms. The summed E-state index contributed by atoms with van der Waals surface area (Å²) in [6.45, 7) is 5.04. The number of carbonyl (C=O) groups is 2. The van der Waals surface area contributed by atoms with Gasteiger partial charge in [0.05, 0.1) is 16.3 Å². The summed E-state index contributed by atoms with van der Waals surface area (Å²) in [5, 5.41) is 12.8. The Morgan fingerprint density at radius 3 is 2.26 bits per heavy atom. The van der Waals surface area contributed by atoms with Gasteiger partial charge in [-0.05, 0) is 63.2 Å². The number of hydrogen-bond donors (Lipinski definition) is 1. The van der Waals surface area contributed by atoms with Crippen LogP contribution in [-0.4, -0.2) is 51.9 Å². The average Bonchev–Trinajstić information content (AvgIpc) is 3.10. The first-order valence-corrected chi connectivity index (χ1v) is 11.8. The van der Waals surface area contributed by atoms with Crippen molar-refractivity contribution in [3.8, 4) is 0 Å². The van der Waals surface area contributed by atoms with Gasteiger partial charge in [-0.25, -0.2) is 23.1 Å². The van der Waals surface area contributed by atoms with Crippen molar-refractivity contribution in [3.05, 3.63) is 71.8 Å². The maximum atomic E-state index is 12.7. The highest BCUT2D eigenvalue weighted by Crippen LogP contribution is 2.22. The fourth-order valence-electron chi connectivity index (χ4n) is 3.22. The molecule has 35 heavy (non-hydrogen) atoms. The molecule has 2 amide bonds. The second kappa shape index (κ2) is 9.46. The average molecular weight is 493 g/mol. The minimum atomic E-state index is -3.92. The van der Waals surface area contributed by atoms with Crippen molar-refractivity contribution in [2.45, 2.75) is 31.7 Å². The number of aromatic nitrogens is 3. The summed E-state index contributed by atoms with van der Waals surface area (Å²) in [7, 11) is -3.92. The number of benzene rings is 1. The molecule has 4 rings (SSSR count). The van der Waals surface area contributed by atoms with Crippen LogP contribution < -0.4 is 4.72 Å². The van der Waals surface area contributed by atoms with E-state index in [0.717, 1.165) is 5.01 Å². The lowest BCUT2D eigenvalue weighted by Crippen LogP contribution is -2.34. The number of nitrogens with zero attached hydrogens (tertiary/aromatic N) is 7. The third kappa shape index (κ3) is 5.24. The van der Waals surface area contributed by atoms with Gasteiger partial charge < -0.3 is 0 Å². The second-order valence-electron chi connectivity index (χ2n) is 7.62. The Kier molecular flexibility index (Phi) is 6.42. The summed E-state index contributed by atoms with van der Waals surface area (Å²) in [5.41, 5.74) is 2.14. The highest BCUT2D eigenvalue weighted by atomic mass is 32.2. The number of rotatable bonds is 6. The van der Waals surface area contributed by atoms with Crippen molar-refractivity contribution < 1.29 is 18.0 Å². The maximum Gasteiger partial charge on any atom is 0.282 e. The van der Waals surface area contributed by atoms with E-state index < -0.39 is 27.9 Å². The predicted octanol–water partition coefficient (Wildman–Crippen LogP) is 2.80. The van der Waals surface area contributed by atoms with E-state index >= 15 is 0 Å². The molecule has 0 unspecified atom stereocenters. The molecule has 1 atom stereocenters.